The van der Waals surface area contributed by atoms with Crippen LogP contribution < -0.4 is 11.5 Å². The van der Waals surface area contributed by atoms with Crippen LogP contribution in [0.25, 0.3) is 0 Å². The van der Waals surface area contributed by atoms with Gasteiger partial charge in [-0.1, -0.05) is 13.3 Å². The zero-order valence-electron chi connectivity index (χ0n) is 10.8. The third-order valence-electron chi connectivity index (χ3n) is 2.09. The molecule has 102 valence electrons. The second-order valence-electron chi connectivity index (χ2n) is 3.66. The molecule has 0 radical (unpaired) electrons. The van der Waals surface area contributed by atoms with Gasteiger partial charge in [0.25, 0.3) is 6.26 Å². The third kappa shape index (κ3) is 8.21. The monoisotopic (exact) mass is 263 g/mol. The molecule has 0 saturated heterocycles. The van der Waals surface area contributed by atoms with Gasteiger partial charge in [-0.3, -0.25) is 9.59 Å². The first kappa shape index (κ1) is 16.4. The summed E-state index contributed by atoms with van der Waals surface area (Å²) in [5.74, 6) is -0.862. The van der Waals surface area contributed by atoms with Gasteiger partial charge in [-0.15, -0.1) is 5.26 Å². The quantitative estimate of drug-likeness (QED) is 0.485. The SMILES string of the molecule is CCCCC(=O)OC#N.NC(=O)c1ccc(N)cc1. The zero-order chi connectivity index (χ0) is 14.7. The van der Waals surface area contributed by atoms with Crippen molar-refractivity contribution in [1.29, 1.82) is 5.26 Å². The number of unbranched alkanes of at least 4 members (excludes halogenated alkanes) is 1. The van der Waals surface area contributed by atoms with E-state index >= 15 is 0 Å². The van der Waals surface area contributed by atoms with Crippen LogP contribution in [0.15, 0.2) is 24.3 Å². The molecule has 0 fully saturated rings. The molecule has 1 amide bonds. The summed E-state index contributed by atoms with van der Waals surface area (Å²) in [6.45, 7) is 1.97. The van der Waals surface area contributed by atoms with Crippen LogP contribution in [0.1, 0.15) is 36.5 Å². The standard InChI is InChI=1S/C7H8N2O.C6H9NO2/c8-6-3-1-5(2-4-6)7(9)10;1-2-3-4-6(8)9-5-7/h1-4H,8H2,(H2,9,10);2-4H2,1H3. The van der Waals surface area contributed by atoms with Crippen LogP contribution in [0.5, 0.6) is 0 Å². The number of hydrogen-bond acceptors (Lipinski definition) is 5. The smallest absolute Gasteiger partial charge is 0.321 e. The van der Waals surface area contributed by atoms with Crippen molar-refractivity contribution in [3.8, 4) is 6.26 Å². The number of carbonyl (C=O) groups is 2. The molecule has 0 heterocycles. The minimum Gasteiger partial charge on any atom is -0.399 e. The van der Waals surface area contributed by atoms with Crippen LogP contribution in [0.2, 0.25) is 0 Å². The minimum absolute atomic E-state index is 0.351. The van der Waals surface area contributed by atoms with Crippen molar-refractivity contribution in [1.82, 2.24) is 0 Å². The first-order valence-electron chi connectivity index (χ1n) is 5.75. The van der Waals surface area contributed by atoms with Gasteiger partial charge in [0.1, 0.15) is 0 Å². The Bertz CT molecular complexity index is 449. The van der Waals surface area contributed by atoms with Gasteiger partial charge in [0, 0.05) is 17.7 Å². The van der Waals surface area contributed by atoms with Crippen LogP contribution in [-0.2, 0) is 9.53 Å². The summed E-state index contributed by atoms with van der Waals surface area (Å²) in [7, 11) is 0. The highest BCUT2D eigenvalue weighted by Gasteiger charge is 1.98. The zero-order valence-corrected chi connectivity index (χ0v) is 10.8. The highest BCUT2D eigenvalue weighted by Crippen LogP contribution is 2.03. The predicted molar refractivity (Wildman–Crippen MR) is 70.6 cm³/mol. The molecule has 0 bridgehead atoms. The molecule has 1 aromatic rings. The van der Waals surface area contributed by atoms with Gasteiger partial charge in [-0.2, -0.15) is 0 Å². The molecule has 0 aliphatic rings. The van der Waals surface area contributed by atoms with E-state index in [1.54, 1.807) is 24.3 Å². The second kappa shape index (κ2) is 9.48. The molecule has 19 heavy (non-hydrogen) atoms. The molecule has 0 aliphatic heterocycles. The maximum atomic E-state index is 10.5. The van der Waals surface area contributed by atoms with E-state index in [1.165, 1.54) is 6.26 Å². The number of nitrogens with two attached hydrogens (primary N) is 2. The van der Waals surface area contributed by atoms with Gasteiger partial charge in [0.2, 0.25) is 5.91 Å². The number of hydrogen-bond donors (Lipinski definition) is 2. The summed E-state index contributed by atoms with van der Waals surface area (Å²) in [5.41, 5.74) is 11.5. The number of anilines is 1. The number of amides is 1. The molecule has 0 atom stereocenters. The van der Waals surface area contributed by atoms with Crippen molar-refractivity contribution in [3.63, 3.8) is 0 Å². The summed E-state index contributed by atoms with van der Waals surface area (Å²) in [6.07, 6.45) is 3.42. The first-order valence-corrected chi connectivity index (χ1v) is 5.75. The van der Waals surface area contributed by atoms with E-state index in [0.29, 0.717) is 17.7 Å². The summed E-state index contributed by atoms with van der Waals surface area (Å²) in [5, 5.41) is 7.84. The maximum absolute atomic E-state index is 10.5. The Labute approximate surface area is 112 Å². The Morgan fingerprint density at radius 2 is 1.89 bits per heavy atom. The lowest BCUT2D eigenvalue weighted by atomic mass is 10.2. The number of esters is 1. The highest BCUT2D eigenvalue weighted by atomic mass is 16.5. The Morgan fingerprint density at radius 1 is 1.32 bits per heavy atom. The predicted octanol–water partition coefficient (Wildman–Crippen LogP) is 1.57. The van der Waals surface area contributed by atoms with Gasteiger partial charge in [-0.25, -0.2) is 0 Å². The van der Waals surface area contributed by atoms with Crippen molar-refractivity contribution < 1.29 is 14.3 Å². The van der Waals surface area contributed by atoms with E-state index < -0.39 is 11.9 Å². The highest BCUT2D eigenvalue weighted by molar-refractivity contribution is 5.92. The molecule has 0 unspecified atom stereocenters. The Hall–Kier alpha value is -2.55. The minimum atomic E-state index is -0.431. The lowest BCUT2D eigenvalue weighted by Gasteiger charge is -1.93. The maximum Gasteiger partial charge on any atom is 0.321 e. The second-order valence-corrected chi connectivity index (χ2v) is 3.66. The number of nitrogen functional groups attached to an aromatic ring is 1. The van der Waals surface area contributed by atoms with Crippen LogP contribution in [0, 0.1) is 11.5 Å². The molecule has 4 N–H and O–H groups in total. The number of carbonyl (C=O) groups excluding carboxylic acids is 2. The normalized spacial score (nSPS) is 8.63. The van der Waals surface area contributed by atoms with Crippen molar-refractivity contribution >= 4 is 17.6 Å². The van der Waals surface area contributed by atoms with E-state index in [1.807, 2.05) is 6.92 Å². The van der Waals surface area contributed by atoms with Crippen molar-refractivity contribution in [2.24, 2.45) is 5.73 Å². The number of nitrogens with zero attached hydrogens (tertiary/aromatic N) is 1. The lowest BCUT2D eigenvalue weighted by Crippen LogP contribution is -2.10. The molecule has 1 aromatic carbocycles. The number of ether oxygens (including phenoxy) is 1. The van der Waals surface area contributed by atoms with Crippen LogP contribution in [0.3, 0.4) is 0 Å². The molecule has 6 heteroatoms. The lowest BCUT2D eigenvalue weighted by molar-refractivity contribution is -0.137. The first-order chi connectivity index (χ1) is 9.01. The van der Waals surface area contributed by atoms with E-state index in [2.05, 4.69) is 4.74 Å². The third-order valence-corrected chi connectivity index (χ3v) is 2.09. The van der Waals surface area contributed by atoms with Crippen LogP contribution in [0.4, 0.5) is 5.69 Å². The van der Waals surface area contributed by atoms with Crippen molar-refractivity contribution in [3.05, 3.63) is 29.8 Å². The Kier molecular flexibility index (Phi) is 8.21. The van der Waals surface area contributed by atoms with Crippen molar-refractivity contribution in [2.75, 3.05) is 5.73 Å². The van der Waals surface area contributed by atoms with Crippen LogP contribution >= 0.6 is 0 Å². The van der Waals surface area contributed by atoms with Gasteiger partial charge in [-0.05, 0) is 30.7 Å². The van der Waals surface area contributed by atoms with E-state index in [9.17, 15) is 9.59 Å². The van der Waals surface area contributed by atoms with E-state index in [0.717, 1.165) is 12.8 Å². The van der Waals surface area contributed by atoms with E-state index in [-0.39, 0.29) is 0 Å². The number of nitriles is 1. The molecule has 6 nitrogen and oxygen atoms in total. The molecule has 0 spiro atoms. The Morgan fingerprint density at radius 3 is 2.32 bits per heavy atom. The van der Waals surface area contributed by atoms with Gasteiger partial charge in [0.05, 0.1) is 0 Å². The molecular weight excluding hydrogens is 246 g/mol. The molecule has 0 saturated carbocycles. The van der Waals surface area contributed by atoms with Gasteiger partial charge >= 0.3 is 5.97 Å². The summed E-state index contributed by atoms with van der Waals surface area (Å²) in [4.78, 5) is 20.9. The number of benzene rings is 1. The average molecular weight is 263 g/mol. The summed E-state index contributed by atoms with van der Waals surface area (Å²) >= 11 is 0. The molecule has 0 aromatic heterocycles. The number of rotatable bonds is 4. The van der Waals surface area contributed by atoms with E-state index in [4.69, 9.17) is 16.7 Å². The Balaban J connectivity index is 0.000000344. The number of primary amides is 1. The topological polar surface area (TPSA) is 119 Å². The largest absolute Gasteiger partial charge is 0.399 e. The summed E-state index contributed by atoms with van der Waals surface area (Å²) < 4.78 is 4.01. The molecule has 0 aliphatic carbocycles. The van der Waals surface area contributed by atoms with Crippen molar-refractivity contribution in [2.45, 2.75) is 26.2 Å². The fraction of sp³-hybridized carbons (Fsp3) is 0.308. The molecule has 1 rings (SSSR count). The summed E-state index contributed by atoms with van der Waals surface area (Å²) in [6, 6.07) is 6.47. The fourth-order valence-corrected chi connectivity index (χ4v) is 1.07. The average Bonchev–Trinajstić information content (AvgIpc) is 2.38. The molecular formula is C13H17N3O3. The van der Waals surface area contributed by atoms with Crippen LogP contribution in [-0.4, -0.2) is 11.9 Å². The van der Waals surface area contributed by atoms with Gasteiger partial charge in [0.15, 0.2) is 0 Å². The fourth-order valence-electron chi connectivity index (χ4n) is 1.07. The van der Waals surface area contributed by atoms with Gasteiger partial charge < -0.3 is 16.2 Å².